The van der Waals surface area contributed by atoms with Crippen LogP contribution >= 0.6 is 0 Å². The molecule has 1 aliphatic rings. The zero-order chi connectivity index (χ0) is 18.0. The molecule has 0 saturated carbocycles. The maximum Gasteiger partial charge on any atom is 0.573 e. The average Bonchev–Trinajstić information content (AvgIpc) is 2.55. The van der Waals surface area contributed by atoms with Gasteiger partial charge in [-0.3, -0.25) is 9.69 Å². The Hall–Kier alpha value is -1.96. The summed E-state index contributed by atoms with van der Waals surface area (Å²) in [5.41, 5.74) is -0.0665. The van der Waals surface area contributed by atoms with Crippen LogP contribution in [0, 0.1) is 0 Å². The van der Waals surface area contributed by atoms with Crippen LogP contribution in [-0.4, -0.2) is 42.5 Å². The Balaban J connectivity index is 2.08. The summed E-state index contributed by atoms with van der Waals surface area (Å²) in [6.07, 6.45) is -4.75. The quantitative estimate of drug-likeness (QED) is 0.787. The minimum atomic E-state index is -4.75. The van der Waals surface area contributed by atoms with E-state index in [1.165, 1.54) is 18.2 Å². The molecule has 0 saturated heterocycles. The van der Waals surface area contributed by atoms with Gasteiger partial charge in [0.2, 0.25) is 0 Å². The Labute approximate surface area is 138 Å². The number of halogens is 3. The Morgan fingerprint density at radius 3 is 2.62 bits per heavy atom. The fraction of sp³-hybridized carbons (Fsp3) is 0.562. The number of benzene rings is 1. The minimum absolute atomic E-state index is 0.0322. The highest BCUT2D eigenvalue weighted by molar-refractivity contribution is 5.72. The summed E-state index contributed by atoms with van der Waals surface area (Å²) in [6, 6.07) is 3.92. The van der Waals surface area contributed by atoms with E-state index >= 15 is 0 Å². The van der Waals surface area contributed by atoms with Crippen LogP contribution < -0.4 is 9.47 Å². The summed E-state index contributed by atoms with van der Waals surface area (Å²) in [5.74, 6) is -0.228. The predicted octanol–water partition coefficient (Wildman–Crippen LogP) is 3.12. The van der Waals surface area contributed by atoms with E-state index in [-0.39, 0.29) is 18.8 Å². The third-order valence-electron chi connectivity index (χ3n) is 3.10. The van der Waals surface area contributed by atoms with Crippen molar-refractivity contribution in [2.75, 3.05) is 19.7 Å². The molecule has 1 aromatic rings. The van der Waals surface area contributed by atoms with Gasteiger partial charge in [0.1, 0.15) is 23.7 Å². The maximum absolute atomic E-state index is 12.3. The molecule has 8 heteroatoms. The summed E-state index contributed by atoms with van der Waals surface area (Å²) in [4.78, 5) is 13.7. The average molecular weight is 347 g/mol. The van der Waals surface area contributed by atoms with Gasteiger partial charge < -0.3 is 14.2 Å². The third kappa shape index (κ3) is 5.92. The minimum Gasteiger partial charge on any atom is -0.492 e. The van der Waals surface area contributed by atoms with Crippen LogP contribution in [-0.2, 0) is 16.1 Å². The third-order valence-corrected chi connectivity index (χ3v) is 3.10. The number of ether oxygens (including phenoxy) is 3. The Bertz CT molecular complexity index is 596. The molecular formula is C16H20F3NO4. The summed E-state index contributed by atoms with van der Waals surface area (Å²) in [5, 5.41) is 0. The van der Waals surface area contributed by atoms with E-state index in [1.54, 1.807) is 25.7 Å². The van der Waals surface area contributed by atoms with Crippen LogP contribution in [0.25, 0.3) is 0 Å². The number of carbonyl (C=O) groups excluding carboxylic acids is 1. The van der Waals surface area contributed by atoms with Crippen LogP contribution in [0.15, 0.2) is 18.2 Å². The van der Waals surface area contributed by atoms with Crippen molar-refractivity contribution >= 4 is 5.97 Å². The SMILES string of the molecule is CC(C)(C)OC(=O)CN1CCOc2ccc(OC(F)(F)F)cc2C1. The van der Waals surface area contributed by atoms with Crippen LogP contribution in [0.1, 0.15) is 26.3 Å². The second-order valence-corrected chi connectivity index (χ2v) is 6.46. The van der Waals surface area contributed by atoms with Crippen molar-refractivity contribution in [1.29, 1.82) is 0 Å². The van der Waals surface area contributed by atoms with Crippen molar-refractivity contribution in [3.05, 3.63) is 23.8 Å². The molecule has 0 fully saturated rings. The van der Waals surface area contributed by atoms with Gasteiger partial charge in [-0.25, -0.2) is 0 Å². The second kappa shape index (κ2) is 6.88. The normalized spacial score (nSPS) is 15.9. The van der Waals surface area contributed by atoms with Gasteiger partial charge in [-0.15, -0.1) is 13.2 Å². The molecule has 1 aromatic carbocycles. The molecule has 134 valence electrons. The molecule has 0 bridgehead atoms. The Kier molecular flexibility index (Phi) is 5.27. The maximum atomic E-state index is 12.3. The van der Waals surface area contributed by atoms with E-state index in [0.717, 1.165) is 0 Å². The Morgan fingerprint density at radius 2 is 2.00 bits per heavy atom. The monoisotopic (exact) mass is 347 g/mol. The van der Waals surface area contributed by atoms with E-state index in [4.69, 9.17) is 9.47 Å². The molecule has 0 spiro atoms. The van der Waals surface area contributed by atoms with Crippen LogP contribution in [0.2, 0.25) is 0 Å². The number of carbonyl (C=O) groups is 1. The van der Waals surface area contributed by atoms with Gasteiger partial charge in [0.15, 0.2) is 0 Å². The van der Waals surface area contributed by atoms with Crippen LogP contribution in [0.5, 0.6) is 11.5 Å². The second-order valence-electron chi connectivity index (χ2n) is 6.46. The largest absolute Gasteiger partial charge is 0.573 e. The van der Waals surface area contributed by atoms with Crippen molar-refractivity contribution < 1.29 is 32.2 Å². The number of nitrogens with zero attached hydrogens (tertiary/aromatic N) is 1. The number of hydrogen-bond acceptors (Lipinski definition) is 5. The van der Waals surface area contributed by atoms with Crippen molar-refractivity contribution in [3.8, 4) is 11.5 Å². The molecule has 2 rings (SSSR count). The molecule has 0 atom stereocenters. The number of hydrogen-bond donors (Lipinski definition) is 0. The lowest BCUT2D eigenvalue weighted by Crippen LogP contribution is -2.35. The molecule has 1 heterocycles. The number of esters is 1. The summed E-state index contributed by atoms with van der Waals surface area (Å²) in [6.45, 7) is 6.40. The van der Waals surface area contributed by atoms with E-state index in [9.17, 15) is 18.0 Å². The highest BCUT2D eigenvalue weighted by Gasteiger charge is 2.31. The molecule has 0 radical (unpaired) electrons. The molecule has 24 heavy (non-hydrogen) atoms. The highest BCUT2D eigenvalue weighted by Crippen LogP contribution is 2.30. The lowest BCUT2D eigenvalue weighted by atomic mass is 10.1. The zero-order valence-corrected chi connectivity index (χ0v) is 13.8. The summed E-state index contributed by atoms with van der Waals surface area (Å²) < 4.78 is 51.7. The van der Waals surface area contributed by atoms with Gasteiger partial charge in [-0.05, 0) is 39.0 Å². The Morgan fingerprint density at radius 1 is 1.29 bits per heavy atom. The first-order valence-electron chi connectivity index (χ1n) is 7.47. The summed E-state index contributed by atoms with van der Waals surface area (Å²) >= 11 is 0. The standard InChI is InChI=1S/C16H20F3NO4/c1-15(2,3)24-14(21)10-20-6-7-22-13-5-4-12(8-11(13)9-20)23-16(17,18)19/h4-5,8H,6-7,9-10H2,1-3H3. The van der Waals surface area contributed by atoms with Crippen LogP contribution in [0.4, 0.5) is 13.2 Å². The van der Waals surface area contributed by atoms with Crippen molar-refractivity contribution in [2.45, 2.75) is 39.3 Å². The molecule has 5 nitrogen and oxygen atoms in total. The van der Waals surface area contributed by atoms with Crippen molar-refractivity contribution in [1.82, 2.24) is 4.90 Å². The highest BCUT2D eigenvalue weighted by atomic mass is 19.4. The number of fused-ring (bicyclic) bond motifs is 1. The lowest BCUT2D eigenvalue weighted by molar-refractivity contribution is -0.274. The fourth-order valence-corrected chi connectivity index (χ4v) is 2.31. The topological polar surface area (TPSA) is 48.0 Å². The van der Waals surface area contributed by atoms with Gasteiger partial charge in [0.05, 0.1) is 6.54 Å². The molecular weight excluding hydrogens is 327 g/mol. The summed E-state index contributed by atoms with van der Waals surface area (Å²) in [7, 11) is 0. The van der Waals surface area contributed by atoms with Gasteiger partial charge in [-0.2, -0.15) is 0 Å². The first-order chi connectivity index (χ1) is 11.0. The molecule has 0 aliphatic carbocycles. The van der Waals surface area contributed by atoms with Gasteiger partial charge in [-0.1, -0.05) is 0 Å². The lowest BCUT2D eigenvalue weighted by Gasteiger charge is -2.23. The van der Waals surface area contributed by atoms with Gasteiger partial charge >= 0.3 is 12.3 Å². The van der Waals surface area contributed by atoms with Gasteiger partial charge in [0, 0.05) is 18.7 Å². The van der Waals surface area contributed by atoms with Crippen molar-refractivity contribution in [3.63, 3.8) is 0 Å². The van der Waals surface area contributed by atoms with Crippen LogP contribution in [0.3, 0.4) is 0 Å². The molecule has 0 N–H and O–H groups in total. The van der Waals surface area contributed by atoms with E-state index in [0.29, 0.717) is 24.5 Å². The van der Waals surface area contributed by atoms with Crippen molar-refractivity contribution in [2.24, 2.45) is 0 Å². The first kappa shape index (κ1) is 18.4. The molecule has 1 aliphatic heterocycles. The predicted molar refractivity (Wildman–Crippen MR) is 79.7 cm³/mol. The zero-order valence-electron chi connectivity index (χ0n) is 13.8. The van der Waals surface area contributed by atoms with Gasteiger partial charge in [0.25, 0.3) is 0 Å². The molecule has 0 aromatic heterocycles. The first-order valence-corrected chi connectivity index (χ1v) is 7.47. The van der Waals surface area contributed by atoms with E-state index < -0.39 is 17.9 Å². The molecule has 0 unspecified atom stereocenters. The molecule has 0 amide bonds. The fourth-order valence-electron chi connectivity index (χ4n) is 2.31. The number of rotatable bonds is 3. The van der Waals surface area contributed by atoms with E-state index in [2.05, 4.69) is 4.74 Å². The smallest absolute Gasteiger partial charge is 0.492 e. The number of alkyl halides is 3. The van der Waals surface area contributed by atoms with E-state index in [1.807, 2.05) is 0 Å².